The number of hydrogen-bond donors (Lipinski definition) is 1. The summed E-state index contributed by atoms with van der Waals surface area (Å²) in [6, 6.07) is 10.8. The minimum atomic E-state index is -4.74. The first-order chi connectivity index (χ1) is 12.8. The summed E-state index contributed by atoms with van der Waals surface area (Å²) in [5.41, 5.74) is 1.87. The Morgan fingerprint density at radius 2 is 1.93 bits per heavy atom. The SMILES string of the molecule is Cc1nc(-c2ccc(OC(F)(F)F)cc2)sc1C(=O)NCc1ccccn1. The summed E-state index contributed by atoms with van der Waals surface area (Å²) >= 11 is 1.17. The van der Waals surface area contributed by atoms with Gasteiger partial charge in [-0.05, 0) is 43.3 Å². The van der Waals surface area contributed by atoms with Crippen LogP contribution in [0.15, 0.2) is 48.7 Å². The molecule has 0 atom stereocenters. The van der Waals surface area contributed by atoms with E-state index >= 15 is 0 Å². The molecule has 0 fully saturated rings. The number of benzene rings is 1. The number of aromatic nitrogens is 2. The maximum Gasteiger partial charge on any atom is 0.573 e. The van der Waals surface area contributed by atoms with Gasteiger partial charge in [-0.1, -0.05) is 6.07 Å². The van der Waals surface area contributed by atoms with Crippen molar-refractivity contribution in [3.05, 3.63) is 64.9 Å². The molecule has 27 heavy (non-hydrogen) atoms. The summed E-state index contributed by atoms with van der Waals surface area (Å²) in [7, 11) is 0. The van der Waals surface area contributed by atoms with Crippen molar-refractivity contribution in [3.8, 4) is 16.3 Å². The first-order valence-electron chi connectivity index (χ1n) is 7.83. The molecule has 0 aliphatic heterocycles. The summed E-state index contributed by atoms with van der Waals surface area (Å²) in [5.74, 6) is -0.591. The highest BCUT2D eigenvalue weighted by Crippen LogP contribution is 2.30. The molecule has 0 aliphatic carbocycles. The number of carbonyl (C=O) groups excluding carboxylic acids is 1. The molecule has 1 N–H and O–H groups in total. The number of rotatable bonds is 5. The maximum absolute atomic E-state index is 12.4. The number of amides is 1. The lowest BCUT2D eigenvalue weighted by Crippen LogP contribution is -2.23. The zero-order chi connectivity index (χ0) is 19.4. The van der Waals surface area contributed by atoms with Crippen LogP contribution in [0.3, 0.4) is 0 Å². The molecule has 0 saturated carbocycles. The van der Waals surface area contributed by atoms with E-state index in [4.69, 9.17) is 0 Å². The van der Waals surface area contributed by atoms with Crippen LogP contribution in [-0.2, 0) is 6.54 Å². The minimum Gasteiger partial charge on any atom is -0.406 e. The molecule has 0 unspecified atom stereocenters. The van der Waals surface area contributed by atoms with Crippen molar-refractivity contribution >= 4 is 17.2 Å². The summed E-state index contributed by atoms with van der Waals surface area (Å²) < 4.78 is 40.5. The third-order valence-corrected chi connectivity index (χ3v) is 4.70. The summed E-state index contributed by atoms with van der Waals surface area (Å²) in [4.78, 5) is 21.3. The molecule has 0 saturated heterocycles. The number of nitrogens with zero attached hydrogens (tertiary/aromatic N) is 2. The Bertz CT molecular complexity index is 925. The van der Waals surface area contributed by atoms with Gasteiger partial charge in [-0.25, -0.2) is 4.98 Å². The molecule has 0 bridgehead atoms. The molecule has 0 aliphatic rings. The number of hydrogen-bond acceptors (Lipinski definition) is 5. The van der Waals surface area contributed by atoms with Crippen LogP contribution in [-0.4, -0.2) is 22.2 Å². The van der Waals surface area contributed by atoms with E-state index < -0.39 is 6.36 Å². The average molecular weight is 393 g/mol. The molecular formula is C18H14F3N3O2S. The minimum absolute atomic E-state index is 0.279. The number of carbonyl (C=O) groups is 1. The third-order valence-electron chi connectivity index (χ3n) is 3.49. The molecule has 0 radical (unpaired) electrons. The number of nitrogens with one attached hydrogen (secondary N) is 1. The van der Waals surface area contributed by atoms with Gasteiger partial charge in [-0.2, -0.15) is 0 Å². The Morgan fingerprint density at radius 1 is 1.19 bits per heavy atom. The monoisotopic (exact) mass is 393 g/mol. The van der Waals surface area contributed by atoms with Crippen molar-refractivity contribution in [1.82, 2.24) is 15.3 Å². The lowest BCUT2D eigenvalue weighted by atomic mass is 10.2. The highest BCUT2D eigenvalue weighted by molar-refractivity contribution is 7.17. The van der Waals surface area contributed by atoms with E-state index in [2.05, 4.69) is 20.0 Å². The van der Waals surface area contributed by atoms with E-state index in [1.807, 2.05) is 6.07 Å². The molecular weight excluding hydrogens is 379 g/mol. The number of thiazole rings is 1. The molecule has 2 heterocycles. The van der Waals surface area contributed by atoms with Gasteiger partial charge in [0.2, 0.25) is 0 Å². The lowest BCUT2D eigenvalue weighted by Gasteiger charge is -2.08. The van der Waals surface area contributed by atoms with Crippen LogP contribution in [0, 0.1) is 6.92 Å². The number of halogens is 3. The highest BCUT2D eigenvalue weighted by atomic mass is 32.1. The molecule has 1 amide bonds. The van der Waals surface area contributed by atoms with Crippen molar-refractivity contribution in [3.63, 3.8) is 0 Å². The van der Waals surface area contributed by atoms with E-state index in [-0.39, 0.29) is 18.2 Å². The zero-order valence-corrected chi connectivity index (χ0v) is 14.9. The van der Waals surface area contributed by atoms with Crippen LogP contribution in [0.25, 0.3) is 10.6 Å². The fourth-order valence-corrected chi connectivity index (χ4v) is 3.27. The first-order valence-corrected chi connectivity index (χ1v) is 8.65. The van der Waals surface area contributed by atoms with E-state index in [0.29, 0.717) is 21.1 Å². The summed E-state index contributed by atoms with van der Waals surface area (Å²) in [6.07, 6.45) is -3.10. The Morgan fingerprint density at radius 3 is 2.56 bits per heavy atom. The van der Waals surface area contributed by atoms with E-state index in [1.165, 1.54) is 35.6 Å². The van der Waals surface area contributed by atoms with Gasteiger partial charge in [0.1, 0.15) is 15.6 Å². The highest BCUT2D eigenvalue weighted by Gasteiger charge is 2.31. The van der Waals surface area contributed by atoms with E-state index in [0.717, 1.165) is 5.69 Å². The van der Waals surface area contributed by atoms with Crippen LogP contribution in [0.4, 0.5) is 13.2 Å². The quantitative estimate of drug-likeness (QED) is 0.700. The third kappa shape index (κ3) is 5.04. The molecule has 1 aromatic carbocycles. The fraction of sp³-hybridized carbons (Fsp3) is 0.167. The molecule has 2 aromatic heterocycles. The summed E-state index contributed by atoms with van der Waals surface area (Å²) in [5, 5.41) is 3.32. The molecule has 3 rings (SSSR count). The van der Waals surface area contributed by atoms with Crippen LogP contribution in [0.1, 0.15) is 21.1 Å². The normalized spacial score (nSPS) is 11.3. The van der Waals surface area contributed by atoms with Crippen LogP contribution in [0.2, 0.25) is 0 Å². The average Bonchev–Trinajstić information content (AvgIpc) is 3.02. The molecule has 140 valence electrons. The number of pyridine rings is 1. The number of aryl methyl sites for hydroxylation is 1. The maximum atomic E-state index is 12.4. The Balaban J connectivity index is 1.71. The van der Waals surface area contributed by atoms with Gasteiger partial charge >= 0.3 is 6.36 Å². The van der Waals surface area contributed by atoms with E-state index in [1.54, 1.807) is 25.3 Å². The van der Waals surface area contributed by atoms with Crippen LogP contribution in [0.5, 0.6) is 5.75 Å². The van der Waals surface area contributed by atoms with Gasteiger partial charge in [-0.15, -0.1) is 24.5 Å². The van der Waals surface area contributed by atoms with Gasteiger partial charge in [-0.3, -0.25) is 9.78 Å². The molecule has 0 spiro atoms. The van der Waals surface area contributed by atoms with Crippen molar-refractivity contribution < 1.29 is 22.7 Å². The second-order valence-corrected chi connectivity index (χ2v) is 6.51. The van der Waals surface area contributed by atoms with Crippen molar-refractivity contribution in [2.45, 2.75) is 19.8 Å². The van der Waals surface area contributed by atoms with Gasteiger partial charge in [0, 0.05) is 11.8 Å². The van der Waals surface area contributed by atoms with Gasteiger partial charge in [0.15, 0.2) is 0 Å². The zero-order valence-electron chi connectivity index (χ0n) is 14.1. The number of alkyl halides is 3. The second kappa shape index (κ2) is 7.75. The first kappa shape index (κ1) is 18.8. The number of ether oxygens (including phenoxy) is 1. The van der Waals surface area contributed by atoms with Crippen molar-refractivity contribution in [2.24, 2.45) is 0 Å². The fourth-order valence-electron chi connectivity index (χ4n) is 2.28. The van der Waals surface area contributed by atoms with Crippen molar-refractivity contribution in [1.29, 1.82) is 0 Å². The standard InChI is InChI=1S/C18H14F3N3O2S/c1-11-15(16(25)23-10-13-4-2-3-9-22-13)27-17(24-11)12-5-7-14(8-6-12)26-18(19,20)21/h2-9H,10H2,1H3,(H,23,25). The molecule has 9 heteroatoms. The Hall–Kier alpha value is -2.94. The summed E-state index contributed by atoms with van der Waals surface area (Å²) in [6.45, 7) is 1.99. The van der Waals surface area contributed by atoms with E-state index in [9.17, 15) is 18.0 Å². The molecule has 3 aromatic rings. The van der Waals surface area contributed by atoms with Crippen LogP contribution < -0.4 is 10.1 Å². The van der Waals surface area contributed by atoms with Crippen LogP contribution >= 0.6 is 11.3 Å². The predicted molar refractivity (Wildman–Crippen MR) is 94.4 cm³/mol. The predicted octanol–water partition coefficient (Wildman–Crippen LogP) is 4.34. The van der Waals surface area contributed by atoms with Gasteiger partial charge < -0.3 is 10.1 Å². The largest absolute Gasteiger partial charge is 0.573 e. The topological polar surface area (TPSA) is 64.1 Å². The van der Waals surface area contributed by atoms with Crippen molar-refractivity contribution in [2.75, 3.05) is 0 Å². The smallest absolute Gasteiger partial charge is 0.406 e. The Kier molecular flexibility index (Phi) is 5.41. The van der Waals surface area contributed by atoms with Gasteiger partial charge in [0.25, 0.3) is 5.91 Å². The molecule has 5 nitrogen and oxygen atoms in total. The van der Waals surface area contributed by atoms with Gasteiger partial charge in [0.05, 0.1) is 17.9 Å². The Labute approximate surface area is 156 Å². The second-order valence-electron chi connectivity index (χ2n) is 5.51. The lowest BCUT2D eigenvalue weighted by molar-refractivity contribution is -0.274.